The van der Waals surface area contributed by atoms with E-state index in [1.54, 1.807) is 6.07 Å². The maximum Gasteiger partial charge on any atom is 0.123 e. The normalized spacial score (nSPS) is 14.3. The topological polar surface area (TPSA) is 12.0 Å². The van der Waals surface area contributed by atoms with Crippen molar-refractivity contribution >= 4 is 0 Å². The van der Waals surface area contributed by atoms with E-state index in [4.69, 9.17) is 0 Å². The smallest absolute Gasteiger partial charge is 0.123 e. The molecule has 108 valence electrons. The minimum Gasteiger partial charge on any atom is -0.316 e. The second-order valence-corrected chi connectivity index (χ2v) is 5.54. The first kappa shape index (κ1) is 16.2. The fourth-order valence-electron chi connectivity index (χ4n) is 2.69. The Bertz CT molecular complexity index is 354. The van der Waals surface area contributed by atoms with Crippen LogP contribution in [0.15, 0.2) is 24.3 Å². The zero-order chi connectivity index (χ0) is 14.1. The molecule has 0 saturated heterocycles. The third-order valence-corrected chi connectivity index (χ3v) is 4.03. The number of hydrogen-bond acceptors (Lipinski definition) is 1. The fourth-order valence-corrected chi connectivity index (χ4v) is 2.69. The van der Waals surface area contributed by atoms with Crippen LogP contribution in [0.2, 0.25) is 0 Å². The molecule has 0 fully saturated rings. The van der Waals surface area contributed by atoms with Gasteiger partial charge in [-0.05, 0) is 48.9 Å². The van der Waals surface area contributed by atoms with E-state index in [0.29, 0.717) is 0 Å². The summed E-state index contributed by atoms with van der Waals surface area (Å²) in [6.45, 7) is 8.65. The van der Waals surface area contributed by atoms with Crippen LogP contribution in [-0.2, 0) is 6.42 Å². The van der Waals surface area contributed by atoms with Gasteiger partial charge in [0.05, 0.1) is 0 Å². The largest absolute Gasteiger partial charge is 0.316 e. The first-order valence-corrected chi connectivity index (χ1v) is 7.61. The highest BCUT2D eigenvalue weighted by Crippen LogP contribution is 2.32. The van der Waals surface area contributed by atoms with Gasteiger partial charge in [0.2, 0.25) is 0 Å². The zero-order valence-corrected chi connectivity index (χ0v) is 12.6. The second kappa shape index (κ2) is 8.31. The molecule has 0 aliphatic heterocycles. The van der Waals surface area contributed by atoms with Crippen LogP contribution in [0.1, 0.15) is 52.0 Å². The fraction of sp³-hybridized carbons (Fsp3) is 0.647. The van der Waals surface area contributed by atoms with Crippen LogP contribution in [-0.4, -0.2) is 13.1 Å². The van der Waals surface area contributed by atoms with Crippen molar-refractivity contribution < 1.29 is 4.39 Å². The van der Waals surface area contributed by atoms with E-state index in [2.05, 4.69) is 26.1 Å². The van der Waals surface area contributed by atoms with Crippen molar-refractivity contribution in [2.45, 2.75) is 52.9 Å². The standard InChI is InChI=1S/C17H28FN/c1-4-7-11-17(5-2,14-19-6-3)13-15-9-8-10-16(18)12-15/h8-10,12,19H,4-7,11,13-14H2,1-3H3. The monoisotopic (exact) mass is 265 g/mol. The molecule has 1 rings (SSSR count). The average Bonchev–Trinajstić information content (AvgIpc) is 2.42. The number of hydrogen-bond donors (Lipinski definition) is 1. The molecule has 2 heteroatoms. The van der Waals surface area contributed by atoms with E-state index in [1.807, 2.05) is 12.1 Å². The highest BCUT2D eigenvalue weighted by molar-refractivity contribution is 5.18. The van der Waals surface area contributed by atoms with E-state index in [0.717, 1.165) is 31.5 Å². The molecule has 0 radical (unpaired) electrons. The van der Waals surface area contributed by atoms with Gasteiger partial charge in [-0.25, -0.2) is 4.39 Å². The van der Waals surface area contributed by atoms with Crippen LogP contribution in [0.4, 0.5) is 4.39 Å². The Balaban J connectivity index is 2.81. The van der Waals surface area contributed by atoms with Crippen LogP contribution in [0.3, 0.4) is 0 Å². The molecule has 0 amide bonds. The quantitative estimate of drug-likeness (QED) is 0.690. The number of benzene rings is 1. The van der Waals surface area contributed by atoms with Crippen molar-refractivity contribution in [1.82, 2.24) is 5.32 Å². The third-order valence-electron chi connectivity index (χ3n) is 4.03. The number of halogens is 1. The lowest BCUT2D eigenvalue weighted by Gasteiger charge is -2.33. The molecule has 0 spiro atoms. The number of nitrogens with one attached hydrogen (secondary N) is 1. The average molecular weight is 265 g/mol. The maximum atomic E-state index is 13.3. The van der Waals surface area contributed by atoms with Crippen molar-refractivity contribution in [3.05, 3.63) is 35.6 Å². The molecule has 1 atom stereocenters. The van der Waals surface area contributed by atoms with Gasteiger partial charge in [0.15, 0.2) is 0 Å². The molecule has 0 heterocycles. The third kappa shape index (κ3) is 5.32. The number of rotatable bonds is 9. The van der Waals surface area contributed by atoms with Crippen molar-refractivity contribution in [3.8, 4) is 0 Å². The van der Waals surface area contributed by atoms with E-state index >= 15 is 0 Å². The molecule has 1 nitrogen and oxygen atoms in total. The summed E-state index contributed by atoms with van der Waals surface area (Å²) in [5.74, 6) is -0.124. The van der Waals surface area contributed by atoms with E-state index in [-0.39, 0.29) is 11.2 Å². The molecule has 0 aliphatic rings. The van der Waals surface area contributed by atoms with Gasteiger partial charge in [0, 0.05) is 6.54 Å². The Morgan fingerprint density at radius 1 is 1.21 bits per heavy atom. The molecule has 0 saturated carbocycles. The van der Waals surface area contributed by atoms with Crippen LogP contribution in [0.5, 0.6) is 0 Å². The molecule has 1 N–H and O–H groups in total. The molecule has 1 aromatic carbocycles. The Labute approximate surface area is 117 Å². The lowest BCUT2D eigenvalue weighted by atomic mass is 9.75. The minimum absolute atomic E-state index is 0.124. The second-order valence-electron chi connectivity index (χ2n) is 5.54. The van der Waals surface area contributed by atoms with Crippen molar-refractivity contribution in [2.75, 3.05) is 13.1 Å². The Morgan fingerprint density at radius 2 is 2.00 bits per heavy atom. The molecular weight excluding hydrogens is 237 g/mol. The van der Waals surface area contributed by atoms with Gasteiger partial charge in [-0.2, -0.15) is 0 Å². The molecular formula is C17H28FN. The Hall–Kier alpha value is -0.890. The molecule has 19 heavy (non-hydrogen) atoms. The summed E-state index contributed by atoms with van der Waals surface area (Å²) in [5.41, 5.74) is 1.38. The predicted molar refractivity (Wildman–Crippen MR) is 80.9 cm³/mol. The highest BCUT2D eigenvalue weighted by Gasteiger charge is 2.27. The van der Waals surface area contributed by atoms with Gasteiger partial charge in [0.1, 0.15) is 5.82 Å². The summed E-state index contributed by atoms with van der Waals surface area (Å²) in [7, 11) is 0. The van der Waals surface area contributed by atoms with Gasteiger partial charge >= 0.3 is 0 Å². The van der Waals surface area contributed by atoms with Gasteiger partial charge in [0.25, 0.3) is 0 Å². The number of unbranched alkanes of at least 4 members (excludes halogenated alkanes) is 1. The van der Waals surface area contributed by atoms with Crippen molar-refractivity contribution in [2.24, 2.45) is 5.41 Å². The first-order valence-electron chi connectivity index (χ1n) is 7.61. The van der Waals surface area contributed by atoms with Crippen LogP contribution >= 0.6 is 0 Å². The summed E-state index contributed by atoms with van der Waals surface area (Å²) >= 11 is 0. The van der Waals surface area contributed by atoms with Crippen LogP contribution in [0, 0.1) is 11.2 Å². The van der Waals surface area contributed by atoms with E-state index in [9.17, 15) is 4.39 Å². The van der Waals surface area contributed by atoms with Gasteiger partial charge in [-0.15, -0.1) is 0 Å². The molecule has 0 aromatic heterocycles. The van der Waals surface area contributed by atoms with Gasteiger partial charge in [-0.3, -0.25) is 0 Å². The van der Waals surface area contributed by atoms with E-state index in [1.165, 1.54) is 25.3 Å². The Morgan fingerprint density at radius 3 is 2.58 bits per heavy atom. The van der Waals surface area contributed by atoms with Crippen molar-refractivity contribution in [3.63, 3.8) is 0 Å². The molecule has 1 unspecified atom stereocenters. The summed E-state index contributed by atoms with van der Waals surface area (Å²) in [5, 5.41) is 3.49. The maximum absolute atomic E-state index is 13.3. The molecule has 1 aromatic rings. The van der Waals surface area contributed by atoms with Crippen LogP contribution < -0.4 is 5.32 Å². The molecule has 0 bridgehead atoms. The molecule has 0 aliphatic carbocycles. The van der Waals surface area contributed by atoms with Crippen LogP contribution in [0.25, 0.3) is 0 Å². The summed E-state index contributed by atoms with van der Waals surface area (Å²) in [4.78, 5) is 0. The first-order chi connectivity index (χ1) is 9.15. The zero-order valence-electron chi connectivity index (χ0n) is 12.6. The lowest BCUT2D eigenvalue weighted by Crippen LogP contribution is -2.36. The summed E-state index contributed by atoms with van der Waals surface area (Å²) in [6.07, 6.45) is 5.78. The predicted octanol–water partition coefficient (Wildman–Crippen LogP) is 4.56. The summed E-state index contributed by atoms with van der Waals surface area (Å²) in [6, 6.07) is 7.07. The SMILES string of the molecule is CCCCC(CC)(CNCC)Cc1cccc(F)c1. The lowest BCUT2D eigenvalue weighted by molar-refractivity contribution is 0.230. The Kier molecular flexibility index (Phi) is 7.07. The van der Waals surface area contributed by atoms with E-state index < -0.39 is 0 Å². The minimum atomic E-state index is -0.124. The van der Waals surface area contributed by atoms with Gasteiger partial charge < -0.3 is 5.32 Å². The van der Waals surface area contributed by atoms with Gasteiger partial charge in [-0.1, -0.05) is 45.7 Å². The summed E-state index contributed by atoms with van der Waals surface area (Å²) < 4.78 is 13.3. The van der Waals surface area contributed by atoms with Crippen molar-refractivity contribution in [1.29, 1.82) is 0 Å². The highest BCUT2D eigenvalue weighted by atomic mass is 19.1.